The van der Waals surface area contributed by atoms with Gasteiger partial charge in [0, 0.05) is 5.56 Å². The van der Waals surface area contributed by atoms with E-state index >= 15 is 0 Å². The number of nitrogens with one attached hydrogen (secondary N) is 2. The Balaban J connectivity index is 1.95. The lowest BCUT2D eigenvalue weighted by atomic mass is 9.73. The fourth-order valence-electron chi connectivity index (χ4n) is 3.36. The predicted molar refractivity (Wildman–Crippen MR) is 106 cm³/mol. The first-order chi connectivity index (χ1) is 12.7. The smallest absolute Gasteiger partial charge is 0.408 e. The summed E-state index contributed by atoms with van der Waals surface area (Å²) in [5.74, 6) is 5.64. The van der Waals surface area contributed by atoms with Crippen molar-refractivity contribution >= 4 is 12.0 Å². The summed E-state index contributed by atoms with van der Waals surface area (Å²) in [6.45, 7) is 7.69. The first kappa shape index (κ1) is 20.8. The van der Waals surface area contributed by atoms with Crippen LogP contribution in [0.5, 0.6) is 0 Å². The molecule has 2 amide bonds. The van der Waals surface area contributed by atoms with Crippen molar-refractivity contribution in [1.82, 2.24) is 10.6 Å². The minimum Gasteiger partial charge on any atom is -0.444 e. The van der Waals surface area contributed by atoms with Crippen molar-refractivity contribution in [1.29, 1.82) is 0 Å². The van der Waals surface area contributed by atoms with Gasteiger partial charge in [-0.3, -0.25) is 4.79 Å². The standard InChI is InChI=1S/C22H30N2O3/c1-21(2,3)27-20(26)24-22(4)15-9-8-14-18(22)19(25)23-16-10-13-17-11-6-5-7-12-17/h5-7,11-12,18H,8-9,14-16H2,1-4H3,(H,23,25)(H,24,26)/t18-,22+/m0/s1. The zero-order chi connectivity index (χ0) is 19.9. The van der Waals surface area contributed by atoms with Crippen molar-refractivity contribution in [3.63, 3.8) is 0 Å². The predicted octanol–water partition coefficient (Wildman–Crippen LogP) is 3.63. The van der Waals surface area contributed by atoms with Crippen LogP contribution in [0, 0.1) is 17.8 Å². The van der Waals surface area contributed by atoms with Crippen molar-refractivity contribution in [2.24, 2.45) is 5.92 Å². The van der Waals surface area contributed by atoms with E-state index in [1.165, 1.54) is 0 Å². The number of amides is 2. The van der Waals surface area contributed by atoms with E-state index in [4.69, 9.17) is 4.74 Å². The number of benzene rings is 1. The van der Waals surface area contributed by atoms with E-state index in [2.05, 4.69) is 22.5 Å². The van der Waals surface area contributed by atoms with Gasteiger partial charge in [-0.05, 0) is 52.7 Å². The molecule has 2 rings (SSSR count). The third-order valence-corrected chi connectivity index (χ3v) is 4.67. The number of hydrogen-bond donors (Lipinski definition) is 2. The molecule has 5 nitrogen and oxygen atoms in total. The van der Waals surface area contributed by atoms with Gasteiger partial charge >= 0.3 is 6.09 Å². The molecule has 0 heterocycles. The average molecular weight is 370 g/mol. The van der Waals surface area contributed by atoms with E-state index in [-0.39, 0.29) is 18.4 Å². The Kier molecular flexibility index (Phi) is 6.90. The highest BCUT2D eigenvalue weighted by Gasteiger charge is 2.42. The Bertz CT molecular complexity index is 713. The second-order valence-corrected chi connectivity index (χ2v) is 8.23. The van der Waals surface area contributed by atoms with Crippen LogP contribution in [0.2, 0.25) is 0 Å². The monoisotopic (exact) mass is 370 g/mol. The molecule has 0 saturated heterocycles. The summed E-state index contributed by atoms with van der Waals surface area (Å²) in [5.41, 5.74) is -0.266. The number of ether oxygens (including phenoxy) is 1. The molecule has 0 unspecified atom stereocenters. The van der Waals surface area contributed by atoms with Gasteiger partial charge in [0.25, 0.3) is 0 Å². The lowest BCUT2D eigenvalue weighted by molar-refractivity contribution is -0.128. The van der Waals surface area contributed by atoms with Gasteiger partial charge < -0.3 is 15.4 Å². The van der Waals surface area contributed by atoms with Gasteiger partial charge in [-0.2, -0.15) is 0 Å². The quantitative estimate of drug-likeness (QED) is 0.799. The molecular formula is C22H30N2O3. The molecule has 146 valence electrons. The SMILES string of the molecule is CC(C)(C)OC(=O)N[C@]1(C)CCCC[C@H]1C(=O)NCC#Cc1ccccc1. The summed E-state index contributed by atoms with van der Waals surface area (Å²) in [6, 6.07) is 9.65. The lowest BCUT2D eigenvalue weighted by Crippen LogP contribution is -2.58. The number of carbonyl (C=O) groups excluding carboxylic acids is 2. The Morgan fingerprint density at radius 3 is 2.59 bits per heavy atom. The summed E-state index contributed by atoms with van der Waals surface area (Å²) in [7, 11) is 0. The highest BCUT2D eigenvalue weighted by atomic mass is 16.6. The van der Waals surface area contributed by atoms with E-state index in [1.807, 2.05) is 58.0 Å². The summed E-state index contributed by atoms with van der Waals surface area (Å²) < 4.78 is 5.38. The van der Waals surface area contributed by atoms with E-state index in [9.17, 15) is 9.59 Å². The van der Waals surface area contributed by atoms with Crippen LogP contribution in [0.4, 0.5) is 4.79 Å². The molecule has 0 aliphatic heterocycles. The van der Waals surface area contributed by atoms with Gasteiger partial charge in [-0.1, -0.05) is 42.9 Å². The lowest BCUT2D eigenvalue weighted by Gasteiger charge is -2.41. The zero-order valence-electron chi connectivity index (χ0n) is 16.7. The van der Waals surface area contributed by atoms with Gasteiger partial charge in [-0.15, -0.1) is 0 Å². The molecule has 1 aromatic rings. The maximum atomic E-state index is 12.7. The Morgan fingerprint density at radius 2 is 1.93 bits per heavy atom. The molecule has 1 saturated carbocycles. The van der Waals surface area contributed by atoms with Crippen molar-refractivity contribution in [3.8, 4) is 11.8 Å². The summed E-state index contributed by atoms with van der Waals surface area (Å²) >= 11 is 0. The Labute approximate surface area is 162 Å². The highest BCUT2D eigenvalue weighted by Crippen LogP contribution is 2.34. The Hall–Kier alpha value is -2.48. The van der Waals surface area contributed by atoms with E-state index < -0.39 is 17.2 Å². The van der Waals surface area contributed by atoms with Crippen molar-refractivity contribution < 1.29 is 14.3 Å². The molecule has 0 aromatic heterocycles. The molecule has 0 radical (unpaired) electrons. The number of carbonyl (C=O) groups is 2. The maximum absolute atomic E-state index is 12.7. The summed E-state index contributed by atoms with van der Waals surface area (Å²) in [4.78, 5) is 25.0. The largest absolute Gasteiger partial charge is 0.444 e. The molecule has 5 heteroatoms. The van der Waals surface area contributed by atoms with Gasteiger partial charge in [0.2, 0.25) is 5.91 Å². The normalized spacial score (nSPS) is 22.1. The van der Waals surface area contributed by atoms with Crippen LogP contribution >= 0.6 is 0 Å². The van der Waals surface area contributed by atoms with Gasteiger partial charge in [0.05, 0.1) is 18.0 Å². The van der Waals surface area contributed by atoms with Gasteiger partial charge in [0.15, 0.2) is 0 Å². The molecule has 27 heavy (non-hydrogen) atoms. The van der Waals surface area contributed by atoms with E-state index in [0.717, 1.165) is 31.2 Å². The molecule has 1 fully saturated rings. The highest BCUT2D eigenvalue weighted by molar-refractivity contribution is 5.81. The first-order valence-electron chi connectivity index (χ1n) is 9.52. The van der Waals surface area contributed by atoms with Crippen LogP contribution in [0.1, 0.15) is 58.9 Å². The van der Waals surface area contributed by atoms with E-state index in [0.29, 0.717) is 0 Å². The molecule has 2 N–H and O–H groups in total. The van der Waals surface area contributed by atoms with Crippen molar-refractivity contribution in [3.05, 3.63) is 35.9 Å². The van der Waals surface area contributed by atoms with Crippen LogP contribution < -0.4 is 10.6 Å². The molecule has 1 aromatic carbocycles. The molecule has 0 bridgehead atoms. The van der Waals surface area contributed by atoms with Crippen molar-refractivity contribution in [2.45, 2.75) is 64.5 Å². The Morgan fingerprint density at radius 1 is 1.22 bits per heavy atom. The number of hydrogen-bond acceptors (Lipinski definition) is 3. The van der Waals surface area contributed by atoms with E-state index in [1.54, 1.807) is 0 Å². The molecule has 2 atom stereocenters. The van der Waals surface area contributed by atoms with Crippen LogP contribution in [0.3, 0.4) is 0 Å². The molecule has 1 aliphatic carbocycles. The van der Waals surface area contributed by atoms with Crippen LogP contribution in [0.25, 0.3) is 0 Å². The second kappa shape index (κ2) is 8.94. The minimum atomic E-state index is -0.614. The van der Waals surface area contributed by atoms with Crippen LogP contribution in [-0.4, -0.2) is 29.7 Å². The average Bonchev–Trinajstić information content (AvgIpc) is 2.57. The fraction of sp³-hybridized carbons (Fsp3) is 0.545. The third-order valence-electron chi connectivity index (χ3n) is 4.67. The molecular weight excluding hydrogens is 340 g/mol. The van der Waals surface area contributed by atoms with Crippen LogP contribution in [0.15, 0.2) is 30.3 Å². The molecule has 0 spiro atoms. The van der Waals surface area contributed by atoms with Gasteiger partial charge in [-0.25, -0.2) is 4.79 Å². The third kappa shape index (κ3) is 6.63. The second-order valence-electron chi connectivity index (χ2n) is 8.23. The number of alkyl carbamates (subject to hydrolysis) is 1. The van der Waals surface area contributed by atoms with Crippen LogP contribution in [-0.2, 0) is 9.53 Å². The maximum Gasteiger partial charge on any atom is 0.408 e. The zero-order valence-corrected chi connectivity index (χ0v) is 16.7. The number of rotatable bonds is 3. The summed E-state index contributed by atoms with van der Waals surface area (Å²) in [6.07, 6.45) is 2.96. The first-order valence-corrected chi connectivity index (χ1v) is 9.52. The fourth-order valence-corrected chi connectivity index (χ4v) is 3.36. The van der Waals surface area contributed by atoms with Crippen molar-refractivity contribution in [2.75, 3.05) is 6.54 Å². The topological polar surface area (TPSA) is 67.4 Å². The van der Waals surface area contributed by atoms with Gasteiger partial charge in [0.1, 0.15) is 5.60 Å². The summed E-state index contributed by atoms with van der Waals surface area (Å²) in [5, 5.41) is 5.84. The minimum absolute atomic E-state index is 0.0735. The molecule has 1 aliphatic rings.